The maximum absolute atomic E-state index is 5.97. The minimum atomic E-state index is 0.402. The highest BCUT2D eigenvalue weighted by atomic mass is 16.5. The molecule has 0 bridgehead atoms. The lowest BCUT2D eigenvalue weighted by molar-refractivity contribution is 0.423. The molecule has 0 spiro atoms. The first-order valence-electron chi connectivity index (χ1n) is 8.06. The van der Waals surface area contributed by atoms with E-state index in [4.69, 9.17) is 4.74 Å². The van der Waals surface area contributed by atoms with Crippen LogP contribution in [-0.4, -0.2) is 0 Å². The molecule has 22 heavy (non-hydrogen) atoms. The fraction of sp³-hybridized carbons (Fsp3) is 0.238. The summed E-state index contributed by atoms with van der Waals surface area (Å²) in [5.41, 5.74) is 5.27. The molecule has 1 atom stereocenters. The van der Waals surface area contributed by atoms with Crippen LogP contribution in [0.3, 0.4) is 0 Å². The molecule has 0 fully saturated rings. The number of rotatable bonds is 1. The molecule has 0 aromatic heterocycles. The Kier molecular flexibility index (Phi) is 4.15. The Morgan fingerprint density at radius 1 is 0.909 bits per heavy atom. The molecule has 0 N–H and O–H groups in total. The van der Waals surface area contributed by atoms with Crippen LogP contribution in [0.2, 0.25) is 0 Å². The lowest BCUT2D eigenvalue weighted by atomic mass is 9.87. The van der Waals surface area contributed by atoms with Gasteiger partial charge in [0.25, 0.3) is 0 Å². The molecular weight excluding hydrogens is 268 g/mol. The normalized spacial score (nSPS) is 18.0. The van der Waals surface area contributed by atoms with E-state index in [-0.39, 0.29) is 0 Å². The van der Waals surface area contributed by atoms with Crippen LogP contribution >= 0.6 is 0 Å². The second-order valence-corrected chi connectivity index (χ2v) is 5.56. The van der Waals surface area contributed by atoms with Gasteiger partial charge in [-0.15, -0.1) is 0 Å². The van der Waals surface area contributed by atoms with E-state index in [1.54, 1.807) is 0 Å². The Morgan fingerprint density at radius 2 is 1.68 bits per heavy atom. The Morgan fingerprint density at radius 3 is 2.45 bits per heavy atom. The standard InChI is InChI=1S/C19H16O.C2H6/c1-13-7-9-18-16(11-13)17-12-15(8-10-19(17)20-18)14-5-3-2-4-6-14;1-2/h2-10,12,16H,11H2,1H3;1-2H3. The Balaban J connectivity index is 0.000000693. The lowest BCUT2D eigenvalue weighted by Gasteiger charge is -2.15. The summed E-state index contributed by atoms with van der Waals surface area (Å²) in [5, 5.41) is 0. The van der Waals surface area contributed by atoms with Crippen LogP contribution in [-0.2, 0) is 0 Å². The van der Waals surface area contributed by atoms with Gasteiger partial charge < -0.3 is 4.74 Å². The molecule has 1 heterocycles. The van der Waals surface area contributed by atoms with Crippen molar-refractivity contribution in [3.05, 3.63) is 77.6 Å². The SMILES string of the molecule is CC.CC1=CC=C2Oc3ccc(-c4ccccc4)cc3C2C1. The summed E-state index contributed by atoms with van der Waals surface area (Å²) in [6.07, 6.45) is 5.35. The van der Waals surface area contributed by atoms with Gasteiger partial charge in [-0.1, -0.05) is 61.9 Å². The van der Waals surface area contributed by atoms with Gasteiger partial charge in [-0.25, -0.2) is 0 Å². The molecule has 2 aromatic rings. The van der Waals surface area contributed by atoms with E-state index in [1.807, 2.05) is 13.8 Å². The minimum absolute atomic E-state index is 0.402. The van der Waals surface area contributed by atoms with Crippen molar-refractivity contribution in [1.29, 1.82) is 0 Å². The van der Waals surface area contributed by atoms with E-state index in [1.165, 1.54) is 22.3 Å². The highest BCUT2D eigenvalue weighted by molar-refractivity contribution is 5.67. The van der Waals surface area contributed by atoms with E-state index in [0.29, 0.717) is 5.92 Å². The molecule has 0 saturated heterocycles. The van der Waals surface area contributed by atoms with Crippen LogP contribution in [0.25, 0.3) is 11.1 Å². The van der Waals surface area contributed by atoms with E-state index < -0.39 is 0 Å². The lowest BCUT2D eigenvalue weighted by Crippen LogP contribution is -2.03. The van der Waals surface area contributed by atoms with Crippen molar-refractivity contribution in [2.24, 2.45) is 0 Å². The first kappa shape index (κ1) is 14.6. The summed E-state index contributed by atoms with van der Waals surface area (Å²) in [5.74, 6) is 2.51. The Bertz CT molecular complexity index is 723. The van der Waals surface area contributed by atoms with Crippen LogP contribution in [0.1, 0.15) is 38.7 Å². The smallest absolute Gasteiger partial charge is 0.130 e. The Hall–Kier alpha value is -2.28. The molecule has 0 amide bonds. The van der Waals surface area contributed by atoms with Gasteiger partial charge in [0.15, 0.2) is 0 Å². The second kappa shape index (κ2) is 6.23. The van der Waals surface area contributed by atoms with Crippen molar-refractivity contribution in [2.75, 3.05) is 0 Å². The average Bonchev–Trinajstić information content (AvgIpc) is 2.94. The molecular formula is C21H22O. The summed E-state index contributed by atoms with van der Waals surface area (Å²) in [4.78, 5) is 0. The minimum Gasteiger partial charge on any atom is -0.461 e. The van der Waals surface area contributed by atoms with Crippen molar-refractivity contribution in [1.82, 2.24) is 0 Å². The monoisotopic (exact) mass is 290 g/mol. The molecule has 0 radical (unpaired) electrons. The highest BCUT2D eigenvalue weighted by Crippen LogP contribution is 2.46. The summed E-state index contributed by atoms with van der Waals surface area (Å²) >= 11 is 0. The van der Waals surface area contributed by atoms with Gasteiger partial charge in [0, 0.05) is 11.5 Å². The average molecular weight is 290 g/mol. The highest BCUT2D eigenvalue weighted by Gasteiger charge is 2.31. The second-order valence-electron chi connectivity index (χ2n) is 5.56. The molecule has 1 aliphatic carbocycles. The van der Waals surface area contributed by atoms with Crippen molar-refractivity contribution in [3.63, 3.8) is 0 Å². The van der Waals surface area contributed by atoms with E-state index in [2.05, 4.69) is 67.6 Å². The van der Waals surface area contributed by atoms with Crippen molar-refractivity contribution < 1.29 is 4.74 Å². The number of ether oxygens (including phenoxy) is 1. The van der Waals surface area contributed by atoms with Crippen LogP contribution in [0.5, 0.6) is 5.75 Å². The number of allylic oxidation sites excluding steroid dienone is 4. The number of fused-ring (bicyclic) bond motifs is 3. The van der Waals surface area contributed by atoms with Crippen LogP contribution in [0.4, 0.5) is 0 Å². The van der Waals surface area contributed by atoms with Crippen LogP contribution in [0.15, 0.2) is 72.0 Å². The molecule has 112 valence electrons. The van der Waals surface area contributed by atoms with Crippen molar-refractivity contribution >= 4 is 0 Å². The molecule has 0 saturated carbocycles. The predicted molar refractivity (Wildman–Crippen MR) is 93.1 cm³/mol. The van der Waals surface area contributed by atoms with Gasteiger partial charge in [-0.3, -0.25) is 0 Å². The fourth-order valence-electron chi connectivity index (χ4n) is 3.05. The number of hydrogen-bond acceptors (Lipinski definition) is 1. The third-order valence-corrected chi connectivity index (χ3v) is 4.12. The first-order valence-corrected chi connectivity index (χ1v) is 8.06. The number of benzene rings is 2. The van der Waals surface area contributed by atoms with E-state index in [9.17, 15) is 0 Å². The summed E-state index contributed by atoms with van der Waals surface area (Å²) in [7, 11) is 0. The maximum Gasteiger partial charge on any atom is 0.130 e. The molecule has 4 rings (SSSR count). The molecule has 1 unspecified atom stereocenters. The van der Waals surface area contributed by atoms with E-state index in [0.717, 1.165) is 17.9 Å². The molecule has 1 heteroatoms. The molecule has 2 aliphatic rings. The van der Waals surface area contributed by atoms with Gasteiger partial charge in [0.1, 0.15) is 11.5 Å². The molecule has 1 nitrogen and oxygen atoms in total. The number of hydrogen-bond donors (Lipinski definition) is 0. The Labute approximate surface area is 133 Å². The van der Waals surface area contributed by atoms with Gasteiger partial charge in [-0.2, -0.15) is 0 Å². The largest absolute Gasteiger partial charge is 0.461 e. The van der Waals surface area contributed by atoms with E-state index >= 15 is 0 Å². The predicted octanol–water partition coefficient (Wildman–Crippen LogP) is 6.09. The third kappa shape index (κ3) is 2.59. The van der Waals surface area contributed by atoms with Gasteiger partial charge in [0.2, 0.25) is 0 Å². The zero-order chi connectivity index (χ0) is 15.5. The topological polar surface area (TPSA) is 9.23 Å². The van der Waals surface area contributed by atoms with Gasteiger partial charge in [-0.05, 0) is 42.7 Å². The molecule has 1 aliphatic heterocycles. The fourth-order valence-corrected chi connectivity index (χ4v) is 3.05. The summed E-state index contributed by atoms with van der Waals surface area (Å²) in [6.45, 7) is 6.19. The zero-order valence-electron chi connectivity index (χ0n) is 13.5. The third-order valence-electron chi connectivity index (χ3n) is 4.12. The zero-order valence-corrected chi connectivity index (χ0v) is 13.5. The summed E-state index contributed by atoms with van der Waals surface area (Å²) in [6, 6.07) is 17.1. The maximum atomic E-state index is 5.97. The van der Waals surface area contributed by atoms with Crippen molar-refractivity contribution in [2.45, 2.75) is 33.1 Å². The van der Waals surface area contributed by atoms with Gasteiger partial charge in [0.05, 0.1) is 0 Å². The first-order chi connectivity index (χ1) is 10.8. The van der Waals surface area contributed by atoms with Crippen LogP contribution in [0, 0.1) is 0 Å². The molecule has 2 aromatic carbocycles. The van der Waals surface area contributed by atoms with Gasteiger partial charge >= 0.3 is 0 Å². The van der Waals surface area contributed by atoms with Crippen LogP contribution < -0.4 is 4.74 Å². The summed E-state index contributed by atoms with van der Waals surface area (Å²) < 4.78 is 5.97. The van der Waals surface area contributed by atoms with Crippen molar-refractivity contribution in [3.8, 4) is 16.9 Å². The quantitative estimate of drug-likeness (QED) is 0.617.